The predicted octanol–water partition coefficient (Wildman–Crippen LogP) is 4.16. The van der Waals surface area contributed by atoms with Crippen LogP contribution in [-0.4, -0.2) is 27.4 Å². The zero-order valence-electron chi connectivity index (χ0n) is 15.2. The fraction of sp³-hybridized carbons (Fsp3) is 0.0476. The summed E-state index contributed by atoms with van der Waals surface area (Å²) in [5, 5.41) is 13.3. The Hall–Kier alpha value is -4.20. The first-order valence-electron chi connectivity index (χ1n) is 8.81. The lowest BCUT2D eigenvalue weighted by molar-refractivity contribution is -0.384. The summed E-state index contributed by atoms with van der Waals surface area (Å²) < 4.78 is 5.50. The van der Waals surface area contributed by atoms with Crippen LogP contribution in [-0.2, 0) is 4.79 Å². The first-order valence-corrected chi connectivity index (χ1v) is 8.81. The van der Waals surface area contributed by atoms with E-state index in [1.807, 2.05) is 36.4 Å². The maximum Gasteiger partial charge on any atom is 0.269 e. The molecule has 144 valence electrons. The summed E-state index contributed by atoms with van der Waals surface area (Å²) in [6, 6.07) is 20.6. The molecular weight excluding hydrogens is 372 g/mol. The minimum absolute atomic E-state index is 0.0382. The van der Waals surface area contributed by atoms with Gasteiger partial charge < -0.3 is 15.0 Å². The van der Waals surface area contributed by atoms with Crippen LogP contribution in [0.25, 0.3) is 22.4 Å². The van der Waals surface area contributed by atoms with Crippen LogP contribution in [0.5, 0.6) is 5.75 Å². The number of non-ortho nitro benzene ring substituents is 1. The molecule has 4 aromatic rings. The normalized spacial score (nSPS) is 10.6. The number of H-pyrrole nitrogens is 1. The average Bonchev–Trinajstić information content (AvgIpc) is 3.17. The van der Waals surface area contributed by atoms with Gasteiger partial charge in [0.2, 0.25) is 0 Å². The summed E-state index contributed by atoms with van der Waals surface area (Å²) in [6.07, 6.45) is 0. The molecule has 0 spiro atoms. The van der Waals surface area contributed by atoms with Gasteiger partial charge in [0.15, 0.2) is 6.61 Å². The minimum atomic E-state index is -0.496. The third-order valence-corrected chi connectivity index (χ3v) is 4.25. The first kappa shape index (κ1) is 18.2. The molecule has 0 aliphatic carbocycles. The van der Waals surface area contributed by atoms with Crippen LogP contribution in [0, 0.1) is 10.1 Å². The third-order valence-electron chi connectivity index (χ3n) is 4.25. The number of carbonyl (C=O) groups excluding carboxylic acids is 1. The number of nitrogens with zero attached hydrogens (tertiary/aromatic N) is 2. The Morgan fingerprint density at radius 3 is 2.45 bits per heavy atom. The number of fused-ring (bicyclic) bond motifs is 1. The molecule has 1 aromatic heterocycles. The summed E-state index contributed by atoms with van der Waals surface area (Å²) in [5.41, 5.74) is 3.19. The molecule has 0 aliphatic heterocycles. The topological polar surface area (TPSA) is 110 Å². The molecule has 3 aromatic carbocycles. The fourth-order valence-corrected chi connectivity index (χ4v) is 2.81. The van der Waals surface area contributed by atoms with Crippen molar-refractivity contribution < 1.29 is 14.5 Å². The quantitative estimate of drug-likeness (QED) is 0.381. The lowest BCUT2D eigenvalue weighted by Crippen LogP contribution is -2.20. The highest BCUT2D eigenvalue weighted by Gasteiger charge is 2.08. The number of aromatic nitrogens is 2. The molecule has 1 amide bonds. The Morgan fingerprint density at radius 2 is 1.76 bits per heavy atom. The van der Waals surface area contributed by atoms with E-state index in [1.165, 1.54) is 24.3 Å². The molecule has 0 aliphatic rings. The van der Waals surface area contributed by atoms with Crippen molar-refractivity contribution in [1.29, 1.82) is 0 Å². The van der Waals surface area contributed by atoms with Gasteiger partial charge in [0.05, 0.1) is 16.0 Å². The largest absolute Gasteiger partial charge is 0.484 e. The van der Waals surface area contributed by atoms with E-state index in [0.717, 1.165) is 22.4 Å². The van der Waals surface area contributed by atoms with Gasteiger partial charge in [-0.05, 0) is 48.5 Å². The van der Waals surface area contributed by atoms with E-state index < -0.39 is 4.92 Å². The van der Waals surface area contributed by atoms with Crippen molar-refractivity contribution in [3.05, 3.63) is 82.9 Å². The van der Waals surface area contributed by atoms with Gasteiger partial charge in [-0.2, -0.15) is 0 Å². The van der Waals surface area contributed by atoms with Crippen molar-refractivity contribution in [1.82, 2.24) is 9.97 Å². The summed E-state index contributed by atoms with van der Waals surface area (Å²) in [7, 11) is 0. The van der Waals surface area contributed by atoms with E-state index >= 15 is 0 Å². The number of anilines is 1. The van der Waals surface area contributed by atoms with Gasteiger partial charge in [0.25, 0.3) is 11.6 Å². The Kier molecular flexibility index (Phi) is 4.90. The van der Waals surface area contributed by atoms with Crippen LogP contribution in [0.4, 0.5) is 11.4 Å². The smallest absolute Gasteiger partial charge is 0.269 e. The van der Waals surface area contributed by atoms with Crippen molar-refractivity contribution in [3.63, 3.8) is 0 Å². The molecule has 0 bridgehead atoms. The standard InChI is InChI=1S/C21H16N4O4/c26-20(22-15-7-9-16(10-8-15)25(27)28)13-29-17-11-5-14(6-12-17)21-23-18-3-1-2-4-19(18)24-21/h1-12H,13H2,(H,22,26)(H,23,24). The molecule has 8 heteroatoms. The number of para-hydroxylation sites is 2. The van der Waals surface area contributed by atoms with Gasteiger partial charge in [-0.1, -0.05) is 12.1 Å². The highest BCUT2D eigenvalue weighted by atomic mass is 16.6. The highest BCUT2D eigenvalue weighted by molar-refractivity contribution is 5.92. The highest BCUT2D eigenvalue weighted by Crippen LogP contribution is 2.23. The SMILES string of the molecule is O=C(COc1ccc(-c2nc3ccccc3[nH]2)cc1)Nc1ccc([N+](=O)[O-])cc1. The molecule has 0 saturated carbocycles. The number of nitro benzene ring substituents is 1. The van der Waals surface area contributed by atoms with Gasteiger partial charge >= 0.3 is 0 Å². The van der Waals surface area contributed by atoms with Crippen LogP contribution >= 0.6 is 0 Å². The number of imidazole rings is 1. The van der Waals surface area contributed by atoms with Crippen LogP contribution in [0.1, 0.15) is 0 Å². The van der Waals surface area contributed by atoms with Crippen LogP contribution in [0.3, 0.4) is 0 Å². The van der Waals surface area contributed by atoms with Crippen molar-refractivity contribution in [2.24, 2.45) is 0 Å². The Labute approximate surface area is 165 Å². The van der Waals surface area contributed by atoms with Crippen LogP contribution < -0.4 is 10.1 Å². The Balaban J connectivity index is 1.35. The molecule has 0 fully saturated rings. The molecule has 0 atom stereocenters. The van der Waals surface area contributed by atoms with Crippen molar-refractivity contribution in [2.75, 3.05) is 11.9 Å². The molecule has 0 unspecified atom stereocenters. The van der Waals surface area contributed by atoms with Crippen molar-refractivity contribution >= 4 is 28.3 Å². The Morgan fingerprint density at radius 1 is 1.03 bits per heavy atom. The predicted molar refractivity (Wildman–Crippen MR) is 109 cm³/mol. The van der Waals surface area contributed by atoms with E-state index in [4.69, 9.17) is 4.74 Å². The minimum Gasteiger partial charge on any atom is -0.484 e. The summed E-state index contributed by atoms with van der Waals surface area (Å²) in [4.78, 5) is 30.0. The fourth-order valence-electron chi connectivity index (χ4n) is 2.81. The number of rotatable bonds is 6. The van der Waals surface area contributed by atoms with Gasteiger partial charge in [0.1, 0.15) is 11.6 Å². The van der Waals surface area contributed by atoms with E-state index in [9.17, 15) is 14.9 Å². The number of ether oxygens (including phenoxy) is 1. The van der Waals surface area contributed by atoms with Gasteiger partial charge in [-0.25, -0.2) is 4.98 Å². The zero-order chi connectivity index (χ0) is 20.2. The molecule has 8 nitrogen and oxygen atoms in total. The lowest BCUT2D eigenvalue weighted by atomic mass is 10.2. The van der Waals surface area contributed by atoms with Gasteiger partial charge in [-0.15, -0.1) is 0 Å². The molecule has 4 rings (SSSR count). The monoisotopic (exact) mass is 388 g/mol. The number of carbonyl (C=O) groups is 1. The zero-order valence-corrected chi connectivity index (χ0v) is 15.2. The molecule has 1 heterocycles. The van der Waals surface area contributed by atoms with E-state index in [1.54, 1.807) is 12.1 Å². The third kappa shape index (κ3) is 4.22. The number of hydrogen-bond acceptors (Lipinski definition) is 5. The summed E-state index contributed by atoms with van der Waals surface area (Å²) >= 11 is 0. The van der Waals surface area contributed by atoms with E-state index in [-0.39, 0.29) is 18.2 Å². The second-order valence-corrected chi connectivity index (χ2v) is 6.27. The Bertz CT molecular complexity index is 1130. The molecule has 2 N–H and O–H groups in total. The van der Waals surface area contributed by atoms with E-state index in [0.29, 0.717) is 11.4 Å². The van der Waals surface area contributed by atoms with Crippen LogP contribution in [0.15, 0.2) is 72.8 Å². The summed E-state index contributed by atoms with van der Waals surface area (Å²) in [6.45, 7) is -0.180. The molecule has 0 radical (unpaired) electrons. The second-order valence-electron chi connectivity index (χ2n) is 6.27. The van der Waals surface area contributed by atoms with Crippen LogP contribution in [0.2, 0.25) is 0 Å². The first-order chi connectivity index (χ1) is 14.1. The molecule has 29 heavy (non-hydrogen) atoms. The number of hydrogen-bond donors (Lipinski definition) is 2. The van der Waals surface area contributed by atoms with E-state index in [2.05, 4.69) is 15.3 Å². The summed E-state index contributed by atoms with van der Waals surface area (Å²) in [5.74, 6) is 0.942. The number of benzene rings is 3. The number of amides is 1. The molecular formula is C21H16N4O4. The maximum atomic E-state index is 12.0. The van der Waals surface area contributed by atoms with Gasteiger partial charge in [0, 0.05) is 23.4 Å². The maximum absolute atomic E-state index is 12.0. The van der Waals surface area contributed by atoms with Crippen molar-refractivity contribution in [3.8, 4) is 17.1 Å². The second kappa shape index (κ2) is 7.81. The number of nitro groups is 1. The number of nitrogens with one attached hydrogen (secondary N) is 2. The van der Waals surface area contributed by atoms with Gasteiger partial charge in [-0.3, -0.25) is 14.9 Å². The number of aromatic amines is 1. The average molecular weight is 388 g/mol. The van der Waals surface area contributed by atoms with Crippen molar-refractivity contribution in [2.45, 2.75) is 0 Å². The molecule has 0 saturated heterocycles. The lowest BCUT2D eigenvalue weighted by Gasteiger charge is -2.08.